The Morgan fingerprint density at radius 3 is 2.48 bits per heavy atom. The van der Waals surface area contributed by atoms with Crippen LogP contribution in [0.1, 0.15) is 39.6 Å². The van der Waals surface area contributed by atoms with Crippen LogP contribution in [0, 0.1) is 10.1 Å². The van der Waals surface area contributed by atoms with Crippen molar-refractivity contribution in [2.24, 2.45) is 0 Å². The molecule has 2 aromatic rings. The number of nitrogens with zero attached hydrogens (tertiary/aromatic N) is 4. The van der Waals surface area contributed by atoms with Crippen LogP contribution in [0.25, 0.3) is 0 Å². The fourth-order valence-corrected chi connectivity index (χ4v) is 2.93. The smallest absolute Gasteiger partial charge is 0.389 e. The van der Waals surface area contributed by atoms with E-state index in [1.165, 1.54) is 18.2 Å². The third-order valence-electron chi connectivity index (χ3n) is 4.26. The minimum atomic E-state index is -1.08. The molecule has 3 rings (SSSR count). The van der Waals surface area contributed by atoms with Gasteiger partial charge in [0, 0.05) is 18.7 Å². The summed E-state index contributed by atoms with van der Waals surface area (Å²) in [5.74, 6) is -1.48. The van der Waals surface area contributed by atoms with Crippen LogP contribution in [-0.2, 0) is 0 Å². The number of carboxylic acid groups (broad SMARTS) is 1. The third-order valence-corrected chi connectivity index (χ3v) is 4.26. The van der Waals surface area contributed by atoms with Crippen molar-refractivity contribution in [1.82, 2.24) is 14.7 Å². The van der Waals surface area contributed by atoms with Gasteiger partial charge in [-0.25, -0.2) is 4.79 Å². The average Bonchev–Trinajstić information content (AvgIpc) is 3.12. The van der Waals surface area contributed by atoms with Crippen LogP contribution in [-0.4, -0.2) is 49.7 Å². The summed E-state index contributed by atoms with van der Waals surface area (Å²) in [6, 6.07) is 7.31. The minimum absolute atomic E-state index is 0.00287. The SMILES string of the molecule is O=C(O)c1cccc(C(=O)N2CCC(n3ccc([N+](=O)[O-])n3)CC2)c1. The molecule has 1 aliphatic rings. The van der Waals surface area contributed by atoms with E-state index in [1.807, 2.05) is 0 Å². The number of hydrogen-bond acceptors (Lipinski definition) is 5. The lowest BCUT2D eigenvalue weighted by Crippen LogP contribution is -2.39. The first-order chi connectivity index (χ1) is 12.0. The van der Waals surface area contributed by atoms with Gasteiger partial charge < -0.3 is 20.1 Å². The van der Waals surface area contributed by atoms with E-state index in [0.717, 1.165) is 0 Å². The second-order valence-corrected chi connectivity index (χ2v) is 5.82. The maximum absolute atomic E-state index is 12.5. The highest BCUT2D eigenvalue weighted by Gasteiger charge is 2.27. The molecule has 0 aliphatic carbocycles. The van der Waals surface area contributed by atoms with E-state index in [1.54, 1.807) is 27.9 Å². The molecule has 9 heteroatoms. The largest absolute Gasteiger partial charge is 0.478 e. The molecule has 0 unspecified atom stereocenters. The van der Waals surface area contributed by atoms with Crippen molar-refractivity contribution in [1.29, 1.82) is 0 Å². The van der Waals surface area contributed by atoms with Crippen LogP contribution < -0.4 is 0 Å². The van der Waals surface area contributed by atoms with Crippen molar-refractivity contribution in [2.45, 2.75) is 18.9 Å². The maximum Gasteiger partial charge on any atom is 0.389 e. The second kappa shape index (κ2) is 6.71. The number of carbonyl (C=O) groups is 2. The van der Waals surface area contributed by atoms with E-state index in [0.29, 0.717) is 31.5 Å². The molecule has 1 aromatic heterocycles. The number of rotatable bonds is 4. The monoisotopic (exact) mass is 344 g/mol. The third kappa shape index (κ3) is 3.49. The van der Waals surface area contributed by atoms with Gasteiger partial charge >= 0.3 is 11.8 Å². The first kappa shape index (κ1) is 16.6. The summed E-state index contributed by atoms with van der Waals surface area (Å²) in [6.45, 7) is 0.961. The van der Waals surface area contributed by atoms with E-state index in [9.17, 15) is 19.7 Å². The molecule has 9 nitrogen and oxygen atoms in total. The lowest BCUT2D eigenvalue weighted by atomic mass is 10.0. The van der Waals surface area contributed by atoms with Gasteiger partial charge in [0.1, 0.15) is 0 Å². The molecule has 1 amide bonds. The number of aromatic nitrogens is 2. The van der Waals surface area contributed by atoms with Crippen molar-refractivity contribution in [3.05, 3.63) is 57.8 Å². The number of amides is 1. The van der Waals surface area contributed by atoms with Gasteiger partial charge in [-0.05, 0) is 36.0 Å². The van der Waals surface area contributed by atoms with Gasteiger partial charge in [0.05, 0.1) is 29.0 Å². The predicted molar refractivity (Wildman–Crippen MR) is 86.5 cm³/mol. The Bertz CT molecular complexity index is 823. The first-order valence-corrected chi connectivity index (χ1v) is 7.78. The molecule has 1 N–H and O–H groups in total. The van der Waals surface area contributed by atoms with Crippen LogP contribution in [0.2, 0.25) is 0 Å². The molecule has 1 saturated heterocycles. The number of carbonyl (C=O) groups excluding carboxylic acids is 1. The zero-order chi connectivity index (χ0) is 18.0. The van der Waals surface area contributed by atoms with Crippen molar-refractivity contribution in [3.8, 4) is 0 Å². The first-order valence-electron chi connectivity index (χ1n) is 7.78. The molecule has 1 fully saturated rings. The zero-order valence-electron chi connectivity index (χ0n) is 13.2. The molecule has 0 atom stereocenters. The second-order valence-electron chi connectivity index (χ2n) is 5.82. The molecule has 1 aromatic carbocycles. The number of aromatic carboxylic acids is 1. The molecule has 0 radical (unpaired) electrons. The molecule has 0 bridgehead atoms. The number of hydrogen-bond donors (Lipinski definition) is 1. The van der Waals surface area contributed by atoms with Crippen LogP contribution in [0.15, 0.2) is 36.5 Å². The van der Waals surface area contributed by atoms with E-state index in [4.69, 9.17) is 5.11 Å². The Morgan fingerprint density at radius 2 is 1.88 bits per heavy atom. The Hall–Kier alpha value is -3.23. The Kier molecular flexibility index (Phi) is 4.46. The van der Waals surface area contributed by atoms with E-state index in [2.05, 4.69) is 5.10 Å². The van der Waals surface area contributed by atoms with Crippen LogP contribution in [0.5, 0.6) is 0 Å². The van der Waals surface area contributed by atoms with Crippen molar-refractivity contribution in [2.75, 3.05) is 13.1 Å². The summed E-state index contributed by atoms with van der Waals surface area (Å²) >= 11 is 0. The number of likely N-dealkylation sites (tertiary alicyclic amines) is 1. The summed E-state index contributed by atoms with van der Waals surface area (Å²) in [5.41, 5.74) is 0.415. The van der Waals surface area contributed by atoms with E-state index >= 15 is 0 Å². The summed E-state index contributed by atoms with van der Waals surface area (Å²) < 4.78 is 1.57. The summed E-state index contributed by atoms with van der Waals surface area (Å²) in [6.07, 6.45) is 2.84. The lowest BCUT2D eigenvalue weighted by molar-refractivity contribution is -0.389. The highest BCUT2D eigenvalue weighted by atomic mass is 16.6. The predicted octanol–water partition coefficient (Wildman–Crippen LogP) is 1.97. The van der Waals surface area contributed by atoms with Crippen molar-refractivity contribution < 1.29 is 19.6 Å². The number of benzene rings is 1. The standard InChI is InChI=1S/C16H16N4O5/c21-15(11-2-1-3-12(10-11)16(22)23)18-7-4-13(5-8-18)19-9-6-14(17-19)20(24)25/h1-3,6,9-10,13H,4-5,7-8H2,(H,22,23). The molecular weight excluding hydrogens is 328 g/mol. The molecule has 130 valence electrons. The molecule has 25 heavy (non-hydrogen) atoms. The molecule has 0 saturated carbocycles. The van der Waals surface area contributed by atoms with Crippen molar-refractivity contribution >= 4 is 17.7 Å². The van der Waals surface area contributed by atoms with Gasteiger partial charge in [-0.1, -0.05) is 6.07 Å². The zero-order valence-corrected chi connectivity index (χ0v) is 13.2. The molecule has 0 spiro atoms. The maximum atomic E-state index is 12.5. The van der Waals surface area contributed by atoms with Gasteiger partial charge in [0.25, 0.3) is 5.91 Å². The summed E-state index contributed by atoms with van der Waals surface area (Å²) in [5, 5.41) is 23.7. The summed E-state index contributed by atoms with van der Waals surface area (Å²) in [4.78, 5) is 35.4. The minimum Gasteiger partial charge on any atom is -0.478 e. The molecular formula is C16H16N4O5. The van der Waals surface area contributed by atoms with Gasteiger partial charge in [0.15, 0.2) is 0 Å². The number of piperidine rings is 1. The fraction of sp³-hybridized carbons (Fsp3) is 0.312. The molecule has 1 aliphatic heterocycles. The average molecular weight is 344 g/mol. The van der Waals surface area contributed by atoms with Crippen LogP contribution in [0.3, 0.4) is 0 Å². The summed E-state index contributed by atoms with van der Waals surface area (Å²) in [7, 11) is 0. The van der Waals surface area contributed by atoms with E-state index < -0.39 is 10.9 Å². The lowest BCUT2D eigenvalue weighted by Gasteiger charge is -2.31. The number of nitro groups is 1. The van der Waals surface area contributed by atoms with Gasteiger partial charge in [-0.3, -0.25) is 4.79 Å². The Labute approximate surface area is 142 Å². The Morgan fingerprint density at radius 1 is 1.20 bits per heavy atom. The van der Waals surface area contributed by atoms with Gasteiger partial charge in [0.2, 0.25) is 0 Å². The van der Waals surface area contributed by atoms with Crippen molar-refractivity contribution in [3.63, 3.8) is 0 Å². The fourth-order valence-electron chi connectivity index (χ4n) is 2.93. The van der Waals surface area contributed by atoms with Crippen LogP contribution in [0.4, 0.5) is 5.82 Å². The van der Waals surface area contributed by atoms with Gasteiger partial charge in [-0.15, -0.1) is 0 Å². The Balaban J connectivity index is 1.65. The quantitative estimate of drug-likeness (QED) is 0.669. The molecule has 2 heterocycles. The van der Waals surface area contributed by atoms with E-state index in [-0.39, 0.29) is 23.3 Å². The van der Waals surface area contributed by atoms with Crippen LogP contribution >= 0.6 is 0 Å². The topological polar surface area (TPSA) is 119 Å². The highest BCUT2D eigenvalue weighted by molar-refractivity contribution is 5.97. The normalized spacial score (nSPS) is 15.1. The highest BCUT2D eigenvalue weighted by Crippen LogP contribution is 2.24. The number of carboxylic acids is 1. The van der Waals surface area contributed by atoms with Gasteiger partial charge in [-0.2, -0.15) is 4.68 Å².